The van der Waals surface area contributed by atoms with E-state index in [2.05, 4.69) is 40.4 Å². The van der Waals surface area contributed by atoms with Gasteiger partial charge in [-0.05, 0) is 81.4 Å². The van der Waals surface area contributed by atoms with Gasteiger partial charge in [-0.3, -0.25) is 4.79 Å². The molecule has 1 atom stereocenters. The number of rotatable bonds is 6. The second-order valence-electron chi connectivity index (χ2n) is 7.38. The molecule has 144 valence electrons. The molecule has 1 heterocycles. The summed E-state index contributed by atoms with van der Waals surface area (Å²) in [5.74, 6) is 0.0768. The fourth-order valence-corrected chi connectivity index (χ4v) is 4.28. The average Bonchev–Trinajstić information content (AvgIpc) is 2.66. The van der Waals surface area contributed by atoms with E-state index in [1.807, 2.05) is 20.1 Å². The van der Waals surface area contributed by atoms with Gasteiger partial charge in [0.05, 0.1) is 6.04 Å². The highest BCUT2D eigenvalue weighted by Gasteiger charge is 2.15. The molecule has 0 unspecified atom stereocenters. The molecule has 0 spiro atoms. The molecule has 0 saturated heterocycles. The van der Waals surface area contributed by atoms with E-state index in [4.69, 9.17) is 0 Å². The number of amides is 1. The number of carbonyl (C=O) groups is 1. The lowest BCUT2D eigenvalue weighted by atomic mass is 9.89. The van der Waals surface area contributed by atoms with Crippen LogP contribution >= 0.6 is 11.8 Å². The zero-order chi connectivity index (χ0) is 19.4. The number of nitrogens with zero attached hydrogens (tertiary/aromatic N) is 2. The first-order chi connectivity index (χ1) is 13.0. The van der Waals surface area contributed by atoms with E-state index in [-0.39, 0.29) is 11.9 Å². The fraction of sp³-hybridized carbons (Fsp3) is 0.500. The Bertz CT molecular complexity index is 811. The van der Waals surface area contributed by atoms with Crippen LogP contribution in [0.25, 0.3) is 0 Å². The average molecular weight is 384 g/mol. The van der Waals surface area contributed by atoms with Crippen LogP contribution in [0.1, 0.15) is 65.9 Å². The Hall–Kier alpha value is -1.88. The molecule has 5 heteroatoms. The molecule has 4 nitrogen and oxygen atoms in total. The van der Waals surface area contributed by atoms with E-state index in [1.165, 1.54) is 36.0 Å². The summed E-state index contributed by atoms with van der Waals surface area (Å²) in [6.07, 6.45) is 8.02. The molecule has 0 aliphatic heterocycles. The van der Waals surface area contributed by atoms with Crippen LogP contribution < -0.4 is 5.32 Å². The van der Waals surface area contributed by atoms with Crippen LogP contribution in [0.5, 0.6) is 0 Å². The smallest absolute Gasteiger partial charge is 0.220 e. The fourth-order valence-electron chi connectivity index (χ4n) is 3.82. The summed E-state index contributed by atoms with van der Waals surface area (Å²) < 4.78 is 0. The number of benzene rings is 1. The Balaban J connectivity index is 1.59. The minimum Gasteiger partial charge on any atom is -0.350 e. The maximum Gasteiger partial charge on any atom is 0.220 e. The lowest BCUT2D eigenvalue weighted by molar-refractivity contribution is -0.121. The molecule has 1 aliphatic rings. The van der Waals surface area contributed by atoms with Crippen LogP contribution in [-0.2, 0) is 24.1 Å². The zero-order valence-corrected chi connectivity index (χ0v) is 17.6. The summed E-state index contributed by atoms with van der Waals surface area (Å²) in [5.41, 5.74) is 7.17. The Morgan fingerprint density at radius 1 is 1.15 bits per heavy atom. The first-order valence-electron chi connectivity index (χ1n) is 9.77. The van der Waals surface area contributed by atoms with E-state index in [1.54, 1.807) is 11.8 Å². The monoisotopic (exact) mass is 383 g/mol. The standard InChI is InChI=1S/C22H29N3OS/c1-14(18-10-9-17-7-5-6-8-19(17)13-18)23-21(26)12-11-20-15(2)24-22(27-4)25-16(20)3/h9-10,13-14H,5-8,11-12H2,1-4H3,(H,23,26)/t14-/m0/s1. The molecule has 1 aromatic carbocycles. The highest BCUT2D eigenvalue weighted by atomic mass is 32.2. The van der Waals surface area contributed by atoms with E-state index >= 15 is 0 Å². The van der Waals surface area contributed by atoms with Gasteiger partial charge in [0, 0.05) is 17.8 Å². The largest absolute Gasteiger partial charge is 0.350 e. The highest BCUT2D eigenvalue weighted by Crippen LogP contribution is 2.25. The van der Waals surface area contributed by atoms with Crippen molar-refractivity contribution in [1.29, 1.82) is 0 Å². The lowest BCUT2D eigenvalue weighted by Crippen LogP contribution is -2.27. The van der Waals surface area contributed by atoms with Crippen molar-refractivity contribution in [2.24, 2.45) is 0 Å². The molecule has 0 radical (unpaired) electrons. The van der Waals surface area contributed by atoms with Gasteiger partial charge in [-0.1, -0.05) is 30.0 Å². The Kier molecular flexibility index (Phi) is 6.53. The number of hydrogen-bond donors (Lipinski definition) is 1. The van der Waals surface area contributed by atoms with E-state index in [0.717, 1.165) is 28.5 Å². The minimum absolute atomic E-state index is 0.0297. The third kappa shape index (κ3) is 4.89. The van der Waals surface area contributed by atoms with Crippen molar-refractivity contribution >= 4 is 17.7 Å². The molecule has 1 N–H and O–H groups in total. The van der Waals surface area contributed by atoms with Crippen LogP contribution in [0.2, 0.25) is 0 Å². The third-order valence-electron chi connectivity index (χ3n) is 5.43. The molecule has 1 aliphatic carbocycles. The Morgan fingerprint density at radius 2 is 1.81 bits per heavy atom. The molecule has 3 rings (SSSR count). The van der Waals surface area contributed by atoms with Gasteiger partial charge in [0.2, 0.25) is 5.91 Å². The second-order valence-corrected chi connectivity index (χ2v) is 8.16. The second kappa shape index (κ2) is 8.87. The molecule has 1 amide bonds. The van der Waals surface area contributed by atoms with Crippen molar-refractivity contribution in [3.05, 3.63) is 51.8 Å². The lowest BCUT2D eigenvalue weighted by Gasteiger charge is -2.20. The number of aromatic nitrogens is 2. The number of fused-ring (bicyclic) bond motifs is 1. The van der Waals surface area contributed by atoms with Gasteiger partial charge in [0.25, 0.3) is 0 Å². The predicted octanol–water partition coefficient (Wildman–Crippen LogP) is 4.50. The maximum absolute atomic E-state index is 12.5. The van der Waals surface area contributed by atoms with Crippen LogP contribution in [0.3, 0.4) is 0 Å². The summed E-state index contributed by atoms with van der Waals surface area (Å²) in [7, 11) is 0. The van der Waals surface area contributed by atoms with Crippen LogP contribution in [0, 0.1) is 13.8 Å². The number of nitrogens with one attached hydrogen (secondary N) is 1. The first kappa shape index (κ1) is 19.9. The third-order valence-corrected chi connectivity index (χ3v) is 5.98. The van der Waals surface area contributed by atoms with Crippen molar-refractivity contribution in [1.82, 2.24) is 15.3 Å². The number of thioether (sulfide) groups is 1. The Morgan fingerprint density at radius 3 is 2.48 bits per heavy atom. The molecule has 27 heavy (non-hydrogen) atoms. The normalized spacial score (nSPS) is 14.5. The molecule has 0 fully saturated rings. The summed E-state index contributed by atoms with van der Waals surface area (Å²) in [6, 6.07) is 6.72. The van der Waals surface area contributed by atoms with E-state index < -0.39 is 0 Å². The van der Waals surface area contributed by atoms with E-state index in [9.17, 15) is 4.79 Å². The number of aryl methyl sites for hydroxylation is 4. The van der Waals surface area contributed by atoms with Crippen LogP contribution in [0.15, 0.2) is 23.4 Å². The van der Waals surface area contributed by atoms with Gasteiger partial charge in [-0.2, -0.15) is 0 Å². The predicted molar refractivity (Wildman–Crippen MR) is 111 cm³/mol. The van der Waals surface area contributed by atoms with Crippen molar-refractivity contribution in [3.8, 4) is 0 Å². The molecule has 2 aromatic rings. The van der Waals surface area contributed by atoms with Gasteiger partial charge in [0.15, 0.2) is 5.16 Å². The molecule has 1 aromatic heterocycles. The Labute approximate surface area is 166 Å². The van der Waals surface area contributed by atoms with Gasteiger partial charge < -0.3 is 5.32 Å². The van der Waals surface area contributed by atoms with Crippen molar-refractivity contribution < 1.29 is 4.79 Å². The summed E-state index contributed by atoms with van der Waals surface area (Å²) in [4.78, 5) is 21.5. The maximum atomic E-state index is 12.5. The molecular formula is C22H29N3OS. The first-order valence-corrected chi connectivity index (χ1v) is 11.0. The van der Waals surface area contributed by atoms with Gasteiger partial charge in [-0.15, -0.1) is 0 Å². The van der Waals surface area contributed by atoms with Gasteiger partial charge in [-0.25, -0.2) is 9.97 Å². The van der Waals surface area contributed by atoms with E-state index in [0.29, 0.717) is 12.8 Å². The molecular weight excluding hydrogens is 354 g/mol. The van der Waals surface area contributed by atoms with Gasteiger partial charge >= 0.3 is 0 Å². The zero-order valence-electron chi connectivity index (χ0n) is 16.8. The quantitative estimate of drug-likeness (QED) is 0.589. The summed E-state index contributed by atoms with van der Waals surface area (Å²) >= 11 is 1.54. The molecule has 0 saturated carbocycles. The van der Waals surface area contributed by atoms with Crippen molar-refractivity contribution in [2.45, 2.75) is 70.5 Å². The topological polar surface area (TPSA) is 54.9 Å². The van der Waals surface area contributed by atoms with Crippen LogP contribution in [0.4, 0.5) is 0 Å². The molecule has 0 bridgehead atoms. The van der Waals surface area contributed by atoms with Gasteiger partial charge in [0.1, 0.15) is 0 Å². The number of hydrogen-bond acceptors (Lipinski definition) is 4. The summed E-state index contributed by atoms with van der Waals surface area (Å²) in [5, 5.41) is 3.94. The summed E-state index contributed by atoms with van der Waals surface area (Å²) in [6.45, 7) is 6.06. The SMILES string of the molecule is CSc1nc(C)c(CCC(=O)N[C@@H](C)c2ccc3c(c2)CCCC3)c(C)n1. The van der Waals surface area contributed by atoms with Crippen molar-refractivity contribution in [3.63, 3.8) is 0 Å². The van der Waals surface area contributed by atoms with Crippen molar-refractivity contribution in [2.75, 3.05) is 6.26 Å². The van der Waals surface area contributed by atoms with Crippen LogP contribution in [-0.4, -0.2) is 22.1 Å². The number of carbonyl (C=O) groups excluding carboxylic acids is 1. The minimum atomic E-state index is 0.0297. The highest BCUT2D eigenvalue weighted by molar-refractivity contribution is 7.98.